The number of hydrogen-bond acceptors (Lipinski definition) is 3. The molecule has 0 aliphatic carbocycles. The maximum atomic E-state index is 12.3. The van der Waals surface area contributed by atoms with Gasteiger partial charge in [-0.15, -0.1) is 0 Å². The molecule has 1 aromatic carbocycles. The number of halogens is 3. The van der Waals surface area contributed by atoms with Gasteiger partial charge in [0.25, 0.3) is 0 Å². The summed E-state index contributed by atoms with van der Waals surface area (Å²) < 4.78 is 60.3. The van der Waals surface area contributed by atoms with Gasteiger partial charge in [-0.05, 0) is 37.5 Å². The Morgan fingerprint density at radius 2 is 2.05 bits per heavy atom. The van der Waals surface area contributed by atoms with E-state index in [4.69, 9.17) is 0 Å². The zero-order chi connectivity index (χ0) is 14.3. The fraction of sp³-hybridized carbons (Fsp3) is 0.455. The minimum absolute atomic E-state index is 0.0994. The second-order valence-corrected chi connectivity index (χ2v) is 6.18. The molecule has 4 nitrogen and oxygen atoms in total. The summed E-state index contributed by atoms with van der Waals surface area (Å²) in [7, 11) is -5.37. The van der Waals surface area contributed by atoms with Gasteiger partial charge >= 0.3 is 15.5 Å². The topological polar surface area (TPSA) is 58.2 Å². The molecule has 0 amide bonds. The van der Waals surface area contributed by atoms with Crippen molar-refractivity contribution in [2.75, 3.05) is 10.0 Å². The predicted octanol–water partition coefficient (Wildman–Crippen LogP) is 2.69. The van der Waals surface area contributed by atoms with Crippen LogP contribution in [0.2, 0.25) is 0 Å². The molecule has 1 aliphatic heterocycles. The number of aryl methyl sites for hydroxylation is 1. The molecule has 1 heterocycles. The van der Waals surface area contributed by atoms with Crippen LogP contribution in [0.4, 0.5) is 24.5 Å². The van der Waals surface area contributed by atoms with E-state index >= 15 is 0 Å². The third-order valence-electron chi connectivity index (χ3n) is 2.92. The van der Waals surface area contributed by atoms with Crippen molar-refractivity contribution in [2.45, 2.75) is 31.3 Å². The van der Waals surface area contributed by atoms with Gasteiger partial charge in [-0.1, -0.05) is 6.07 Å². The lowest BCUT2D eigenvalue weighted by Gasteiger charge is -2.24. The number of rotatable bonds is 2. The molecule has 0 saturated heterocycles. The molecule has 2 rings (SSSR count). The first-order valence-corrected chi connectivity index (χ1v) is 7.16. The second-order valence-electron chi connectivity index (χ2n) is 4.51. The minimum atomic E-state index is -5.37. The van der Waals surface area contributed by atoms with Crippen molar-refractivity contribution in [3.05, 3.63) is 23.8 Å². The molecular weight excluding hydrogens is 281 g/mol. The summed E-state index contributed by atoms with van der Waals surface area (Å²) in [6.45, 7) is 1.95. The maximum absolute atomic E-state index is 12.3. The van der Waals surface area contributed by atoms with E-state index in [0.717, 1.165) is 18.4 Å². The van der Waals surface area contributed by atoms with E-state index in [1.165, 1.54) is 16.9 Å². The van der Waals surface area contributed by atoms with Crippen molar-refractivity contribution in [1.82, 2.24) is 0 Å². The fourth-order valence-electron chi connectivity index (χ4n) is 1.91. The Morgan fingerprint density at radius 3 is 2.68 bits per heavy atom. The average molecular weight is 294 g/mol. The Kier molecular flexibility index (Phi) is 3.38. The molecule has 0 saturated carbocycles. The Balaban J connectivity index is 2.26. The lowest BCUT2D eigenvalue weighted by Crippen LogP contribution is -2.30. The Morgan fingerprint density at radius 1 is 1.37 bits per heavy atom. The van der Waals surface area contributed by atoms with Crippen LogP contribution in [0.15, 0.2) is 18.2 Å². The lowest BCUT2D eigenvalue weighted by atomic mass is 9.99. The van der Waals surface area contributed by atoms with Crippen LogP contribution in [0, 0.1) is 0 Å². The Bertz CT molecular complexity index is 584. The molecule has 2 N–H and O–H groups in total. The molecule has 1 aliphatic rings. The SMILES string of the molecule is CC1CCc2ccc(NS(=O)(=O)C(F)(F)F)cc2N1. The third-order valence-corrected chi connectivity index (χ3v) is 4.03. The molecule has 1 aromatic rings. The maximum Gasteiger partial charge on any atom is 0.516 e. The summed E-state index contributed by atoms with van der Waals surface area (Å²) in [5.74, 6) is 0. The molecule has 0 spiro atoms. The fourth-order valence-corrected chi connectivity index (χ4v) is 2.47. The third kappa shape index (κ3) is 2.94. The van der Waals surface area contributed by atoms with E-state index in [2.05, 4.69) is 5.32 Å². The highest BCUT2D eigenvalue weighted by atomic mass is 32.2. The quantitative estimate of drug-likeness (QED) is 0.881. The van der Waals surface area contributed by atoms with Crippen LogP contribution in [0.5, 0.6) is 0 Å². The van der Waals surface area contributed by atoms with Gasteiger partial charge in [0.05, 0.1) is 5.69 Å². The van der Waals surface area contributed by atoms with E-state index in [1.807, 2.05) is 6.92 Å². The number of benzene rings is 1. The molecule has 1 atom stereocenters. The van der Waals surface area contributed by atoms with Gasteiger partial charge in [0.2, 0.25) is 0 Å². The van der Waals surface area contributed by atoms with Crippen molar-refractivity contribution < 1.29 is 21.6 Å². The van der Waals surface area contributed by atoms with Crippen molar-refractivity contribution >= 4 is 21.4 Å². The number of nitrogens with one attached hydrogen (secondary N) is 2. The molecule has 8 heteroatoms. The highest BCUT2D eigenvalue weighted by Crippen LogP contribution is 2.30. The van der Waals surface area contributed by atoms with Crippen molar-refractivity contribution in [1.29, 1.82) is 0 Å². The van der Waals surface area contributed by atoms with Crippen LogP contribution in [0.25, 0.3) is 0 Å². The minimum Gasteiger partial charge on any atom is -0.382 e. The summed E-state index contributed by atoms with van der Waals surface area (Å²) >= 11 is 0. The van der Waals surface area contributed by atoms with Gasteiger partial charge in [-0.2, -0.15) is 21.6 Å². The van der Waals surface area contributed by atoms with Crippen LogP contribution < -0.4 is 10.0 Å². The van der Waals surface area contributed by atoms with E-state index in [-0.39, 0.29) is 11.7 Å². The monoisotopic (exact) mass is 294 g/mol. The van der Waals surface area contributed by atoms with E-state index in [0.29, 0.717) is 5.69 Å². The van der Waals surface area contributed by atoms with Gasteiger partial charge in [0, 0.05) is 11.7 Å². The highest BCUT2D eigenvalue weighted by molar-refractivity contribution is 7.93. The largest absolute Gasteiger partial charge is 0.516 e. The van der Waals surface area contributed by atoms with Crippen LogP contribution in [0.3, 0.4) is 0 Å². The van der Waals surface area contributed by atoms with Gasteiger partial charge in [-0.3, -0.25) is 4.72 Å². The summed E-state index contributed by atoms with van der Waals surface area (Å²) in [5.41, 5.74) is -3.78. The molecular formula is C11H13F3N2O2S. The molecule has 19 heavy (non-hydrogen) atoms. The van der Waals surface area contributed by atoms with E-state index < -0.39 is 15.5 Å². The van der Waals surface area contributed by atoms with Crippen molar-refractivity contribution in [3.8, 4) is 0 Å². The molecule has 0 bridgehead atoms. The lowest BCUT2D eigenvalue weighted by molar-refractivity contribution is -0.0429. The van der Waals surface area contributed by atoms with E-state index in [9.17, 15) is 21.6 Å². The van der Waals surface area contributed by atoms with Gasteiger partial charge in [0.1, 0.15) is 0 Å². The smallest absolute Gasteiger partial charge is 0.382 e. The molecule has 106 valence electrons. The number of alkyl halides is 3. The highest BCUT2D eigenvalue weighted by Gasteiger charge is 2.46. The van der Waals surface area contributed by atoms with Crippen LogP contribution >= 0.6 is 0 Å². The van der Waals surface area contributed by atoms with Crippen molar-refractivity contribution in [3.63, 3.8) is 0 Å². The molecule has 0 aromatic heterocycles. The van der Waals surface area contributed by atoms with E-state index in [1.54, 1.807) is 6.07 Å². The standard InChI is InChI=1S/C11H13F3N2O2S/c1-7-2-3-8-4-5-9(6-10(8)15-7)16-19(17,18)11(12,13)14/h4-7,15-16H,2-3H2,1H3. The van der Waals surface area contributed by atoms with Crippen LogP contribution in [0.1, 0.15) is 18.9 Å². The normalized spacial score (nSPS) is 19.5. The Labute approximate surface area is 109 Å². The predicted molar refractivity (Wildman–Crippen MR) is 66.4 cm³/mol. The molecule has 1 unspecified atom stereocenters. The summed E-state index contributed by atoms with van der Waals surface area (Å²) in [4.78, 5) is 0. The summed E-state index contributed by atoms with van der Waals surface area (Å²) in [6.07, 6.45) is 1.75. The first kappa shape index (κ1) is 14.0. The van der Waals surface area contributed by atoms with Gasteiger partial charge < -0.3 is 5.32 Å². The zero-order valence-corrected chi connectivity index (χ0v) is 10.9. The van der Waals surface area contributed by atoms with Crippen LogP contribution in [-0.4, -0.2) is 20.0 Å². The number of fused-ring (bicyclic) bond motifs is 1. The Hall–Kier alpha value is -1.44. The van der Waals surface area contributed by atoms with Crippen molar-refractivity contribution in [2.24, 2.45) is 0 Å². The van der Waals surface area contributed by atoms with Crippen LogP contribution in [-0.2, 0) is 16.4 Å². The second kappa shape index (κ2) is 4.59. The molecule has 0 fully saturated rings. The summed E-state index contributed by atoms with van der Waals surface area (Å²) in [6, 6.07) is 4.55. The number of hydrogen-bond donors (Lipinski definition) is 2. The number of anilines is 2. The average Bonchev–Trinajstić information content (AvgIpc) is 2.26. The molecule has 0 radical (unpaired) electrons. The first-order chi connectivity index (χ1) is 8.69. The van der Waals surface area contributed by atoms with Gasteiger partial charge in [0.15, 0.2) is 0 Å². The summed E-state index contributed by atoms with van der Waals surface area (Å²) in [5, 5.41) is 3.11. The number of sulfonamides is 1. The van der Waals surface area contributed by atoms with Gasteiger partial charge in [-0.25, -0.2) is 0 Å². The zero-order valence-electron chi connectivity index (χ0n) is 10.1. The first-order valence-electron chi connectivity index (χ1n) is 5.67.